The molecule has 0 saturated carbocycles. The zero-order chi connectivity index (χ0) is 13.7. The molecule has 0 aliphatic rings. The van der Waals surface area contributed by atoms with Gasteiger partial charge < -0.3 is 14.8 Å². The van der Waals surface area contributed by atoms with E-state index in [9.17, 15) is 0 Å². The van der Waals surface area contributed by atoms with E-state index in [0.717, 1.165) is 40.0 Å². The van der Waals surface area contributed by atoms with E-state index < -0.39 is 0 Å². The molecule has 0 unspecified atom stereocenters. The monoisotopic (exact) mass is 279 g/mol. The Kier molecular flexibility index (Phi) is 4.70. The van der Waals surface area contributed by atoms with Gasteiger partial charge in [-0.05, 0) is 24.7 Å². The number of ether oxygens (including phenoxy) is 2. The number of methoxy groups -OCH3 is 2. The Bertz CT molecular complexity index is 542. The molecule has 0 aliphatic carbocycles. The van der Waals surface area contributed by atoms with Gasteiger partial charge in [-0.25, -0.2) is 0 Å². The van der Waals surface area contributed by atoms with Crippen LogP contribution in [0.4, 0.5) is 0 Å². The maximum atomic E-state index is 5.29. The Morgan fingerprint density at radius 1 is 1.11 bits per heavy atom. The van der Waals surface area contributed by atoms with Crippen molar-refractivity contribution in [2.45, 2.75) is 13.0 Å². The lowest BCUT2D eigenvalue weighted by atomic mass is 10.1. The number of hydrogen-bond acceptors (Lipinski definition) is 6. The predicted molar refractivity (Wildman–Crippen MR) is 75.0 cm³/mol. The van der Waals surface area contributed by atoms with Crippen LogP contribution in [-0.2, 0) is 13.0 Å². The molecule has 0 amide bonds. The second-order valence-electron chi connectivity index (χ2n) is 3.99. The van der Waals surface area contributed by atoms with Crippen LogP contribution in [0, 0.1) is 0 Å². The molecule has 6 heteroatoms. The van der Waals surface area contributed by atoms with Crippen LogP contribution >= 0.6 is 11.3 Å². The molecule has 0 spiro atoms. The summed E-state index contributed by atoms with van der Waals surface area (Å²) in [7, 11) is 5.17. The molecule has 0 atom stereocenters. The highest BCUT2D eigenvalue weighted by Crippen LogP contribution is 2.28. The zero-order valence-electron chi connectivity index (χ0n) is 11.3. The number of benzene rings is 1. The van der Waals surface area contributed by atoms with Crippen LogP contribution in [0.5, 0.6) is 11.5 Å². The summed E-state index contributed by atoms with van der Waals surface area (Å²) in [5.41, 5.74) is 1.13. The smallest absolute Gasteiger partial charge is 0.160 e. The molecule has 2 aromatic rings. The van der Waals surface area contributed by atoms with Crippen molar-refractivity contribution in [2.75, 3.05) is 21.3 Å². The fourth-order valence-electron chi connectivity index (χ4n) is 1.75. The van der Waals surface area contributed by atoms with Crippen molar-refractivity contribution in [3.8, 4) is 11.5 Å². The summed E-state index contributed by atoms with van der Waals surface area (Å²) in [5.74, 6) is 1.47. The Morgan fingerprint density at radius 2 is 1.84 bits per heavy atom. The van der Waals surface area contributed by atoms with Crippen molar-refractivity contribution in [1.82, 2.24) is 15.5 Å². The molecule has 0 saturated heterocycles. The van der Waals surface area contributed by atoms with E-state index >= 15 is 0 Å². The number of nitrogens with zero attached hydrogens (tertiary/aromatic N) is 2. The minimum atomic E-state index is 0.736. The maximum absolute atomic E-state index is 5.29. The van der Waals surface area contributed by atoms with E-state index in [2.05, 4.69) is 15.5 Å². The SMILES string of the molecule is CNCc1nnc(Cc2ccc(OC)c(OC)c2)s1. The number of hydrogen-bond donors (Lipinski definition) is 1. The third kappa shape index (κ3) is 3.42. The topological polar surface area (TPSA) is 56.3 Å². The van der Waals surface area contributed by atoms with E-state index in [-0.39, 0.29) is 0 Å². The first-order valence-electron chi connectivity index (χ1n) is 5.93. The number of nitrogens with one attached hydrogen (secondary N) is 1. The van der Waals surface area contributed by atoms with E-state index in [0.29, 0.717) is 0 Å². The first-order chi connectivity index (χ1) is 9.26. The van der Waals surface area contributed by atoms with Crippen LogP contribution in [-0.4, -0.2) is 31.5 Å². The van der Waals surface area contributed by atoms with Crippen LogP contribution in [0.2, 0.25) is 0 Å². The average molecular weight is 279 g/mol. The molecule has 0 radical (unpaired) electrons. The molecule has 1 N–H and O–H groups in total. The van der Waals surface area contributed by atoms with E-state index in [1.807, 2.05) is 25.2 Å². The second-order valence-corrected chi connectivity index (χ2v) is 5.13. The minimum Gasteiger partial charge on any atom is -0.493 e. The van der Waals surface area contributed by atoms with Crippen molar-refractivity contribution in [3.63, 3.8) is 0 Å². The van der Waals surface area contributed by atoms with Gasteiger partial charge >= 0.3 is 0 Å². The highest BCUT2D eigenvalue weighted by atomic mass is 32.1. The van der Waals surface area contributed by atoms with Crippen molar-refractivity contribution >= 4 is 11.3 Å². The molecule has 1 aromatic carbocycles. The van der Waals surface area contributed by atoms with Gasteiger partial charge in [0.2, 0.25) is 0 Å². The molecule has 1 aromatic heterocycles. The largest absolute Gasteiger partial charge is 0.493 e. The Hall–Kier alpha value is -1.66. The highest BCUT2D eigenvalue weighted by Gasteiger charge is 2.08. The van der Waals surface area contributed by atoms with Gasteiger partial charge in [0.05, 0.1) is 14.2 Å². The van der Waals surface area contributed by atoms with Gasteiger partial charge in [-0.2, -0.15) is 0 Å². The van der Waals surface area contributed by atoms with Crippen LogP contribution in [0.25, 0.3) is 0 Å². The van der Waals surface area contributed by atoms with Crippen LogP contribution in [0.15, 0.2) is 18.2 Å². The summed E-state index contributed by atoms with van der Waals surface area (Å²) in [5, 5.41) is 13.4. The molecule has 2 rings (SSSR count). The second kappa shape index (κ2) is 6.49. The van der Waals surface area contributed by atoms with E-state index in [4.69, 9.17) is 9.47 Å². The molecule has 19 heavy (non-hydrogen) atoms. The Morgan fingerprint density at radius 3 is 2.53 bits per heavy atom. The van der Waals surface area contributed by atoms with Crippen LogP contribution < -0.4 is 14.8 Å². The first-order valence-corrected chi connectivity index (χ1v) is 6.75. The summed E-state index contributed by atoms with van der Waals surface area (Å²) >= 11 is 1.62. The highest BCUT2D eigenvalue weighted by molar-refractivity contribution is 7.11. The molecular weight excluding hydrogens is 262 g/mol. The summed E-state index contributed by atoms with van der Waals surface area (Å²) in [6, 6.07) is 5.89. The maximum Gasteiger partial charge on any atom is 0.160 e. The molecule has 0 aliphatic heterocycles. The van der Waals surface area contributed by atoms with Gasteiger partial charge in [-0.15, -0.1) is 10.2 Å². The van der Waals surface area contributed by atoms with Gasteiger partial charge in [0.15, 0.2) is 11.5 Å². The van der Waals surface area contributed by atoms with Crippen molar-refractivity contribution in [3.05, 3.63) is 33.8 Å². The molecule has 5 nitrogen and oxygen atoms in total. The summed E-state index contributed by atoms with van der Waals surface area (Å²) in [4.78, 5) is 0. The average Bonchev–Trinajstić information content (AvgIpc) is 2.86. The predicted octanol–water partition coefficient (Wildman–Crippen LogP) is 1.87. The third-order valence-electron chi connectivity index (χ3n) is 2.64. The zero-order valence-corrected chi connectivity index (χ0v) is 12.1. The van der Waals surface area contributed by atoms with Gasteiger partial charge in [0, 0.05) is 13.0 Å². The van der Waals surface area contributed by atoms with Crippen molar-refractivity contribution in [1.29, 1.82) is 0 Å². The molecule has 0 fully saturated rings. The van der Waals surface area contributed by atoms with Crippen molar-refractivity contribution < 1.29 is 9.47 Å². The normalized spacial score (nSPS) is 10.5. The van der Waals surface area contributed by atoms with Crippen LogP contribution in [0.1, 0.15) is 15.6 Å². The number of aromatic nitrogens is 2. The van der Waals surface area contributed by atoms with Gasteiger partial charge in [-0.1, -0.05) is 17.4 Å². The van der Waals surface area contributed by atoms with Crippen molar-refractivity contribution in [2.24, 2.45) is 0 Å². The van der Waals surface area contributed by atoms with E-state index in [1.54, 1.807) is 25.6 Å². The fraction of sp³-hybridized carbons (Fsp3) is 0.385. The molecule has 102 valence electrons. The standard InChI is InChI=1S/C13H17N3O2S/c1-14-8-13-16-15-12(19-13)7-9-4-5-10(17-2)11(6-9)18-3/h4-6,14H,7-8H2,1-3H3. The molecule has 0 bridgehead atoms. The summed E-state index contributed by atoms with van der Waals surface area (Å²) in [6.07, 6.45) is 0.752. The molecular formula is C13H17N3O2S. The third-order valence-corrected chi connectivity index (χ3v) is 3.56. The number of rotatable bonds is 6. The van der Waals surface area contributed by atoms with Gasteiger partial charge in [-0.3, -0.25) is 0 Å². The lowest BCUT2D eigenvalue weighted by Gasteiger charge is -2.08. The lowest BCUT2D eigenvalue weighted by Crippen LogP contribution is -2.04. The fourth-order valence-corrected chi connectivity index (χ4v) is 2.64. The molecule has 1 heterocycles. The Labute approximate surface area is 116 Å². The van der Waals surface area contributed by atoms with Gasteiger partial charge in [0.1, 0.15) is 10.0 Å². The first kappa shape index (κ1) is 13.8. The van der Waals surface area contributed by atoms with Gasteiger partial charge in [0.25, 0.3) is 0 Å². The quantitative estimate of drug-likeness (QED) is 0.874. The van der Waals surface area contributed by atoms with Crippen LogP contribution in [0.3, 0.4) is 0 Å². The van der Waals surface area contributed by atoms with E-state index in [1.165, 1.54) is 0 Å². The minimum absolute atomic E-state index is 0.736. The summed E-state index contributed by atoms with van der Waals surface area (Å²) in [6.45, 7) is 0.754. The summed E-state index contributed by atoms with van der Waals surface area (Å²) < 4.78 is 10.5. The lowest BCUT2D eigenvalue weighted by molar-refractivity contribution is 0.354. The Balaban J connectivity index is 2.13.